The van der Waals surface area contributed by atoms with Crippen LogP contribution in [0.25, 0.3) is 6.08 Å². The highest BCUT2D eigenvalue weighted by Crippen LogP contribution is 2.41. The minimum absolute atomic E-state index is 0.0220. The number of amides is 2. The van der Waals surface area contributed by atoms with Gasteiger partial charge in [0, 0.05) is 29.5 Å². The molecule has 0 spiro atoms. The molecular formula is C30H34N4O4. The number of nitrogens with two attached hydrogens (primary N) is 1. The van der Waals surface area contributed by atoms with Gasteiger partial charge in [0.2, 0.25) is 5.91 Å². The Bertz CT molecular complexity index is 1340. The van der Waals surface area contributed by atoms with Crippen LogP contribution in [-0.4, -0.2) is 41.4 Å². The molecule has 3 atom stereocenters. The van der Waals surface area contributed by atoms with Crippen molar-refractivity contribution in [2.24, 2.45) is 10.7 Å². The minimum atomic E-state index is -0.486. The Morgan fingerprint density at radius 3 is 2.68 bits per heavy atom. The van der Waals surface area contributed by atoms with Crippen LogP contribution in [0.5, 0.6) is 11.5 Å². The van der Waals surface area contributed by atoms with Gasteiger partial charge in [0.15, 0.2) is 5.96 Å². The Kier molecular flexibility index (Phi) is 6.33. The van der Waals surface area contributed by atoms with Crippen molar-refractivity contribution in [1.82, 2.24) is 10.2 Å². The lowest BCUT2D eigenvalue weighted by Gasteiger charge is -2.42. The molecule has 0 aromatic heterocycles. The van der Waals surface area contributed by atoms with E-state index in [4.69, 9.17) is 20.2 Å². The number of rotatable bonds is 1. The number of carbonyl (C=O) groups is 2. The number of nitrogens with zero attached hydrogens (tertiary/aromatic N) is 2. The Morgan fingerprint density at radius 1 is 1.08 bits per heavy atom. The molecule has 8 heteroatoms. The summed E-state index contributed by atoms with van der Waals surface area (Å²) < 4.78 is 11.8. The number of ether oxygens (including phenoxy) is 2. The number of nitrogens with one attached hydrogen (secondary N) is 1. The standard InChI is InChI=1S/C30H34N4O4/c1-2-30-13-5-3-4-6-19-7-9-25-21(16-19)23(11-14-37-25)32-28(36)20-8-10-26-22(17-20)24(12-15-38-26)34(27(35)18-30)29(31)33-30/h4,6-10,16-17,23-24H,2-3,5,11-15,18H2,1H3,(H2,31,33)(H,32,36)/b6-4+/t23-,24+,30+/m0/s1. The van der Waals surface area contributed by atoms with Crippen molar-refractivity contribution in [3.05, 3.63) is 64.7 Å². The first-order valence-electron chi connectivity index (χ1n) is 13.6. The summed E-state index contributed by atoms with van der Waals surface area (Å²) in [5, 5.41) is 3.21. The number of fused-ring (bicyclic) bond motifs is 5. The van der Waals surface area contributed by atoms with Gasteiger partial charge < -0.3 is 20.5 Å². The second-order valence-corrected chi connectivity index (χ2v) is 10.6. The number of benzene rings is 2. The molecular weight excluding hydrogens is 480 g/mol. The highest BCUT2D eigenvalue weighted by Gasteiger charge is 2.42. The molecule has 0 saturated heterocycles. The quantitative estimate of drug-likeness (QED) is 0.576. The van der Waals surface area contributed by atoms with E-state index in [1.807, 2.05) is 24.3 Å². The van der Waals surface area contributed by atoms with Crippen LogP contribution in [0.1, 0.15) is 91.0 Å². The van der Waals surface area contributed by atoms with Crippen LogP contribution in [0.3, 0.4) is 0 Å². The van der Waals surface area contributed by atoms with Crippen LogP contribution in [-0.2, 0) is 4.79 Å². The lowest BCUT2D eigenvalue weighted by Crippen LogP contribution is -2.53. The lowest BCUT2D eigenvalue weighted by atomic mass is 9.84. The Hall–Kier alpha value is -3.81. The van der Waals surface area contributed by atoms with Gasteiger partial charge in [-0.1, -0.05) is 25.1 Å². The second-order valence-electron chi connectivity index (χ2n) is 10.6. The van der Waals surface area contributed by atoms with Crippen molar-refractivity contribution >= 4 is 23.8 Å². The van der Waals surface area contributed by atoms with E-state index in [1.54, 1.807) is 11.0 Å². The van der Waals surface area contributed by atoms with E-state index >= 15 is 0 Å². The molecule has 198 valence electrons. The van der Waals surface area contributed by atoms with Gasteiger partial charge in [0.1, 0.15) is 11.5 Å². The average Bonchev–Trinajstić information content (AvgIpc) is 2.92. The SMILES string of the molecule is CC[C@@]12CCC/C=C/c3ccc4c(c3)[C@H](CCO4)NC(=O)c3ccc4c(c3)[C@@H](CCO4)N(C(=O)C1)C(N)=N2. The molecule has 3 N–H and O–H groups in total. The maximum absolute atomic E-state index is 13.6. The molecule has 5 aliphatic rings. The number of guanidine groups is 1. The number of aliphatic imine (C=N–C) groups is 1. The van der Waals surface area contributed by atoms with E-state index in [2.05, 4.69) is 30.5 Å². The third-order valence-corrected chi connectivity index (χ3v) is 8.30. The van der Waals surface area contributed by atoms with Crippen molar-refractivity contribution in [3.8, 4) is 11.5 Å². The molecule has 0 aliphatic carbocycles. The van der Waals surface area contributed by atoms with Crippen LogP contribution < -0.4 is 20.5 Å². The zero-order valence-corrected chi connectivity index (χ0v) is 21.7. The molecule has 0 saturated carbocycles. The summed E-state index contributed by atoms with van der Waals surface area (Å²) in [4.78, 5) is 33.6. The number of allylic oxidation sites excluding steroid dienone is 1. The van der Waals surface area contributed by atoms with Gasteiger partial charge in [0.05, 0.1) is 37.3 Å². The third kappa shape index (κ3) is 4.42. The maximum atomic E-state index is 13.6. The van der Waals surface area contributed by atoms with Crippen molar-refractivity contribution in [3.63, 3.8) is 0 Å². The topological polar surface area (TPSA) is 106 Å². The summed E-state index contributed by atoms with van der Waals surface area (Å²) in [6, 6.07) is 11.1. The van der Waals surface area contributed by atoms with Crippen LogP contribution in [0.2, 0.25) is 0 Å². The van der Waals surface area contributed by atoms with Crippen LogP contribution >= 0.6 is 0 Å². The predicted molar refractivity (Wildman–Crippen MR) is 145 cm³/mol. The van der Waals surface area contributed by atoms with Gasteiger partial charge in [-0.2, -0.15) is 0 Å². The zero-order valence-electron chi connectivity index (χ0n) is 21.7. The monoisotopic (exact) mass is 514 g/mol. The van der Waals surface area contributed by atoms with Crippen molar-refractivity contribution in [2.75, 3.05) is 13.2 Å². The summed E-state index contributed by atoms with van der Waals surface area (Å²) in [6.07, 6.45) is 9.19. The first kappa shape index (κ1) is 24.5. The fourth-order valence-corrected chi connectivity index (χ4v) is 6.15. The largest absolute Gasteiger partial charge is 0.493 e. The molecule has 7 rings (SSSR count). The smallest absolute Gasteiger partial charge is 0.251 e. The Morgan fingerprint density at radius 2 is 1.87 bits per heavy atom. The number of hydrogen-bond acceptors (Lipinski definition) is 6. The van der Waals surface area contributed by atoms with Crippen LogP contribution in [0, 0.1) is 0 Å². The van der Waals surface area contributed by atoms with Crippen molar-refractivity contribution in [1.29, 1.82) is 0 Å². The second kappa shape index (κ2) is 9.82. The summed E-state index contributed by atoms with van der Waals surface area (Å²) in [7, 11) is 0. The van der Waals surface area contributed by atoms with E-state index in [0.717, 1.165) is 48.1 Å². The van der Waals surface area contributed by atoms with Gasteiger partial charge in [0.25, 0.3) is 5.91 Å². The highest BCUT2D eigenvalue weighted by molar-refractivity contribution is 6.00. The molecule has 2 amide bonds. The zero-order chi connectivity index (χ0) is 26.3. The average molecular weight is 515 g/mol. The van der Waals surface area contributed by atoms with Gasteiger partial charge in [-0.25, -0.2) is 4.99 Å². The Labute approximate surface area is 222 Å². The van der Waals surface area contributed by atoms with Gasteiger partial charge in [-0.05, 0) is 61.6 Å². The molecule has 0 unspecified atom stereocenters. The van der Waals surface area contributed by atoms with Crippen LogP contribution in [0.4, 0.5) is 0 Å². The van der Waals surface area contributed by atoms with Gasteiger partial charge in [-0.3, -0.25) is 14.5 Å². The molecule has 38 heavy (non-hydrogen) atoms. The predicted octanol–water partition coefficient (Wildman–Crippen LogP) is 4.66. The normalized spacial score (nSPS) is 27.6. The minimum Gasteiger partial charge on any atom is -0.493 e. The first-order valence-corrected chi connectivity index (χ1v) is 13.6. The molecule has 5 heterocycles. The summed E-state index contributed by atoms with van der Waals surface area (Å²) >= 11 is 0. The van der Waals surface area contributed by atoms with E-state index < -0.39 is 5.54 Å². The van der Waals surface area contributed by atoms with Gasteiger partial charge in [-0.15, -0.1) is 0 Å². The summed E-state index contributed by atoms with van der Waals surface area (Å²) in [5.41, 5.74) is 9.39. The maximum Gasteiger partial charge on any atom is 0.251 e. The lowest BCUT2D eigenvalue weighted by molar-refractivity contribution is -0.132. The fourth-order valence-electron chi connectivity index (χ4n) is 6.15. The Balaban J connectivity index is 1.43. The summed E-state index contributed by atoms with van der Waals surface area (Å²) in [5.74, 6) is 1.54. The van der Waals surface area contributed by atoms with E-state index in [0.29, 0.717) is 43.8 Å². The van der Waals surface area contributed by atoms with E-state index in [9.17, 15) is 9.59 Å². The molecule has 6 bridgehead atoms. The van der Waals surface area contributed by atoms with Crippen molar-refractivity contribution in [2.45, 2.75) is 69.5 Å². The first-order chi connectivity index (χ1) is 18.5. The molecule has 0 radical (unpaired) electrons. The third-order valence-electron chi connectivity index (χ3n) is 8.30. The van der Waals surface area contributed by atoms with E-state index in [-0.39, 0.29) is 29.9 Å². The van der Waals surface area contributed by atoms with Crippen LogP contribution in [0.15, 0.2) is 47.5 Å². The highest BCUT2D eigenvalue weighted by atomic mass is 16.5. The molecule has 8 nitrogen and oxygen atoms in total. The molecule has 2 aromatic carbocycles. The molecule has 0 fully saturated rings. The molecule has 5 aliphatic heterocycles. The van der Waals surface area contributed by atoms with Crippen molar-refractivity contribution < 1.29 is 19.1 Å². The summed E-state index contributed by atoms with van der Waals surface area (Å²) in [6.45, 7) is 3.08. The number of carbonyl (C=O) groups excluding carboxylic acids is 2. The fraction of sp³-hybridized carbons (Fsp3) is 0.433. The molecule has 2 aromatic rings. The number of hydrogen-bond donors (Lipinski definition) is 2. The van der Waals surface area contributed by atoms with E-state index in [1.165, 1.54) is 0 Å². The van der Waals surface area contributed by atoms with Gasteiger partial charge >= 0.3 is 0 Å².